The zero-order valence-corrected chi connectivity index (χ0v) is 11.3. The molecule has 0 aromatic heterocycles. The van der Waals surface area contributed by atoms with E-state index < -0.39 is 0 Å². The molecule has 1 rings (SSSR count). The topological polar surface area (TPSA) is 32.3 Å². The van der Waals surface area contributed by atoms with E-state index in [9.17, 15) is 5.11 Å². The third-order valence-electron chi connectivity index (χ3n) is 4.74. The lowest BCUT2D eigenvalue weighted by atomic mass is 9.82. The molecule has 0 bridgehead atoms. The van der Waals surface area contributed by atoms with E-state index >= 15 is 0 Å². The van der Waals surface area contributed by atoms with Crippen molar-refractivity contribution in [1.82, 2.24) is 5.32 Å². The standard InChI is InChI=1S/C14H29NO/c1-4-14(5-2,11-16)10-15-12(3)13-8-6-7-9-13/h12-13,15-16H,4-11H2,1-3H3/t12-/m0/s1. The van der Waals surface area contributed by atoms with Crippen LogP contribution < -0.4 is 5.32 Å². The predicted molar refractivity (Wildman–Crippen MR) is 69.5 cm³/mol. The minimum absolute atomic E-state index is 0.104. The maximum absolute atomic E-state index is 9.51. The molecule has 1 saturated carbocycles. The van der Waals surface area contributed by atoms with E-state index in [0.717, 1.165) is 25.3 Å². The van der Waals surface area contributed by atoms with Gasteiger partial charge < -0.3 is 10.4 Å². The third-order valence-corrected chi connectivity index (χ3v) is 4.74. The van der Waals surface area contributed by atoms with Crippen LogP contribution in [-0.2, 0) is 0 Å². The summed E-state index contributed by atoms with van der Waals surface area (Å²) in [4.78, 5) is 0. The van der Waals surface area contributed by atoms with Crippen LogP contribution in [-0.4, -0.2) is 24.3 Å². The summed E-state index contributed by atoms with van der Waals surface area (Å²) >= 11 is 0. The fraction of sp³-hybridized carbons (Fsp3) is 1.00. The molecule has 0 saturated heterocycles. The largest absolute Gasteiger partial charge is 0.396 e. The van der Waals surface area contributed by atoms with Crippen LogP contribution in [0, 0.1) is 11.3 Å². The van der Waals surface area contributed by atoms with E-state index in [-0.39, 0.29) is 5.41 Å². The molecule has 16 heavy (non-hydrogen) atoms. The van der Waals surface area contributed by atoms with Gasteiger partial charge in [0.05, 0.1) is 0 Å². The highest BCUT2D eigenvalue weighted by Gasteiger charge is 2.27. The quantitative estimate of drug-likeness (QED) is 0.701. The van der Waals surface area contributed by atoms with Gasteiger partial charge in [-0.15, -0.1) is 0 Å². The Balaban J connectivity index is 2.36. The van der Waals surface area contributed by atoms with Gasteiger partial charge >= 0.3 is 0 Å². The molecule has 0 aromatic carbocycles. The van der Waals surface area contributed by atoms with Gasteiger partial charge in [0.25, 0.3) is 0 Å². The summed E-state index contributed by atoms with van der Waals surface area (Å²) in [5.41, 5.74) is 0.104. The van der Waals surface area contributed by atoms with Crippen molar-refractivity contribution in [3.8, 4) is 0 Å². The molecule has 2 heteroatoms. The number of nitrogens with one attached hydrogen (secondary N) is 1. The first-order valence-corrected chi connectivity index (χ1v) is 7.01. The Bertz CT molecular complexity index is 175. The Morgan fingerprint density at radius 1 is 1.25 bits per heavy atom. The summed E-state index contributed by atoms with van der Waals surface area (Å²) in [7, 11) is 0. The predicted octanol–water partition coefficient (Wildman–Crippen LogP) is 2.95. The van der Waals surface area contributed by atoms with Crippen molar-refractivity contribution in [3.05, 3.63) is 0 Å². The van der Waals surface area contributed by atoms with E-state index in [1.165, 1.54) is 25.7 Å². The molecule has 1 fully saturated rings. The van der Waals surface area contributed by atoms with Crippen LogP contribution in [0.1, 0.15) is 59.3 Å². The van der Waals surface area contributed by atoms with E-state index in [1.54, 1.807) is 0 Å². The molecule has 1 atom stereocenters. The van der Waals surface area contributed by atoms with Crippen molar-refractivity contribution < 1.29 is 5.11 Å². The van der Waals surface area contributed by atoms with Crippen LogP contribution in [0.25, 0.3) is 0 Å². The maximum atomic E-state index is 9.51. The molecule has 0 radical (unpaired) electrons. The first kappa shape index (κ1) is 14.0. The average molecular weight is 227 g/mol. The Labute approximate surface area is 101 Å². The summed E-state index contributed by atoms with van der Waals surface area (Å²) in [6.07, 6.45) is 7.71. The average Bonchev–Trinajstić information content (AvgIpc) is 2.85. The van der Waals surface area contributed by atoms with Gasteiger partial charge in [-0.2, -0.15) is 0 Å². The van der Waals surface area contributed by atoms with Crippen LogP contribution in [0.5, 0.6) is 0 Å². The molecule has 0 unspecified atom stereocenters. The molecule has 2 nitrogen and oxygen atoms in total. The summed E-state index contributed by atoms with van der Waals surface area (Å²) in [6, 6.07) is 0.617. The molecular formula is C14H29NO. The van der Waals surface area contributed by atoms with Crippen molar-refractivity contribution in [3.63, 3.8) is 0 Å². The molecule has 0 amide bonds. The number of aliphatic hydroxyl groups excluding tert-OH is 1. The van der Waals surface area contributed by atoms with Crippen molar-refractivity contribution >= 4 is 0 Å². The van der Waals surface area contributed by atoms with Crippen LogP contribution in [0.4, 0.5) is 0 Å². The zero-order valence-electron chi connectivity index (χ0n) is 11.3. The van der Waals surface area contributed by atoms with Crippen molar-refractivity contribution in [1.29, 1.82) is 0 Å². The van der Waals surface area contributed by atoms with E-state index in [4.69, 9.17) is 0 Å². The number of aliphatic hydroxyl groups is 1. The number of hydrogen-bond donors (Lipinski definition) is 2. The van der Waals surface area contributed by atoms with Gasteiger partial charge in [0.2, 0.25) is 0 Å². The molecule has 0 aliphatic heterocycles. The van der Waals surface area contributed by atoms with Gasteiger partial charge in [-0.3, -0.25) is 0 Å². The van der Waals surface area contributed by atoms with Gasteiger partial charge in [-0.05, 0) is 38.5 Å². The first-order valence-electron chi connectivity index (χ1n) is 7.01. The second kappa shape index (κ2) is 6.61. The van der Waals surface area contributed by atoms with E-state index in [1.807, 2.05) is 0 Å². The molecule has 96 valence electrons. The van der Waals surface area contributed by atoms with Crippen LogP contribution in [0.2, 0.25) is 0 Å². The molecule has 0 heterocycles. The molecular weight excluding hydrogens is 198 g/mol. The summed E-state index contributed by atoms with van der Waals surface area (Å²) < 4.78 is 0. The van der Waals surface area contributed by atoms with Gasteiger partial charge in [-0.25, -0.2) is 0 Å². The van der Waals surface area contributed by atoms with Crippen molar-refractivity contribution in [2.24, 2.45) is 11.3 Å². The summed E-state index contributed by atoms with van der Waals surface area (Å²) in [6.45, 7) is 7.95. The second-order valence-corrected chi connectivity index (χ2v) is 5.58. The van der Waals surface area contributed by atoms with Gasteiger partial charge in [0, 0.05) is 24.6 Å². The Kier molecular flexibility index (Phi) is 5.77. The van der Waals surface area contributed by atoms with Gasteiger partial charge in [0.1, 0.15) is 0 Å². The molecule has 1 aliphatic rings. The molecule has 1 aliphatic carbocycles. The molecule has 2 N–H and O–H groups in total. The minimum Gasteiger partial charge on any atom is -0.396 e. The highest BCUT2D eigenvalue weighted by molar-refractivity contribution is 4.83. The lowest BCUT2D eigenvalue weighted by molar-refractivity contribution is 0.107. The monoisotopic (exact) mass is 227 g/mol. The molecule has 0 aromatic rings. The Hall–Kier alpha value is -0.0800. The van der Waals surface area contributed by atoms with Crippen LogP contribution in [0.15, 0.2) is 0 Å². The summed E-state index contributed by atoms with van der Waals surface area (Å²) in [5.74, 6) is 0.866. The van der Waals surface area contributed by atoms with Crippen molar-refractivity contribution in [2.75, 3.05) is 13.2 Å². The lowest BCUT2D eigenvalue weighted by Crippen LogP contribution is -2.42. The van der Waals surface area contributed by atoms with Crippen molar-refractivity contribution in [2.45, 2.75) is 65.3 Å². The normalized spacial score (nSPS) is 20.2. The smallest absolute Gasteiger partial charge is 0.0499 e. The van der Waals surface area contributed by atoms with Crippen LogP contribution >= 0.6 is 0 Å². The highest BCUT2D eigenvalue weighted by atomic mass is 16.3. The zero-order chi connectivity index (χ0) is 12.0. The second-order valence-electron chi connectivity index (χ2n) is 5.58. The maximum Gasteiger partial charge on any atom is 0.0499 e. The fourth-order valence-corrected chi connectivity index (χ4v) is 2.78. The Morgan fingerprint density at radius 3 is 2.25 bits per heavy atom. The van der Waals surface area contributed by atoms with Gasteiger partial charge in [-0.1, -0.05) is 26.7 Å². The number of rotatable bonds is 7. The fourth-order valence-electron chi connectivity index (χ4n) is 2.78. The summed E-state index contributed by atoms with van der Waals surface area (Å²) in [5, 5.41) is 13.2. The van der Waals surface area contributed by atoms with E-state index in [2.05, 4.69) is 26.1 Å². The van der Waals surface area contributed by atoms with Gasteiger partial charge in [0.15, 0.2) is 0 Å². The third kappa shape index (κ3) is 3.46. The SMILES string of the molecule is CCC(CC)(CO)CN[C@@H](C)C1CCCC1. The number of hydrogen-bond acceptors (Lipinski definition) is 2. The molecule has 0 spiro atoms. The first-order chi connectivity index (χ1) is 7.67. The van der Waals surface area contributed by atoms with Crippen LogP contribution in [0.3, 0.4) is 0 Å². The highest BCUT2D eigenvalue weighted by Crippen LogP contribution is 2.29. The Morgan fingerprint density at radius 2 is 1.81 bits per heavy atom. The lowest BCUT2D eigenvalue weighted by Gasteiger charge is -2.32. The minimum atomic E-state index is 0.104. The van der Waals surface area contributed by atoms with E-state index in [0.29, 0.717) is 12.6 Å².